The molecule has 6 heteroatoms. The first-order chi connectivity index (χ1) is 12.6. The quantitative estimate of drug-likeness (QED) is 0.493. The van der Waals surface area contributed by atoms with E-state index < -0.39 is 5.91 Å². The van der Waals surface area contributed by atoms with Gasteiger partial charge in [0.2, 0.25) is 0 Å². The number of hydrogen-bond donors (Lipinski definition) is 1. The first kappa shape index (κ1) is 17.2. The molecule has 2 aliphatic heterocycles. The Morgan fingerprint density at radius 2 is 2.12 bits per heavy atom. The maximum Gasteiger partial charge on any atom is 0.265 e. The summed E-state index contributed by atoms with van der Waals surface area (Å²) in [5.74, 6) is -0.673. The Morgan fingerprint density at radius 1 is 1.31 bits per heavy atom. The summed E-state index contributed by atoms with van der Waals surface area (Å²) in [5, 5.41) is 2.89. The van der Waals surface area contributed by atoms with E-state index in [9.17, 15) is 9.59 Å². The van der Waals surface area contributed by atoms with Crippen LogP contribution in [0.15, 0.2) is 23.8 Å². The van der Waals surface area contributed by atoms with Crippen molar-refractivity contribution in [3.8, 4) is 0 Å². The van der Waals surface area contributed by atoms with Gasteiger partial charge in [-0.25, -0.2) is 0 Å². The lowest BCUT2D eigenvalue weighted by molar-refractivity contribution is -0.129. The maximum absolute atomic E-state index is 12.7. The number of carbonyl (C=O) groups excluding carboxylic acids is 2. The monoisotopic (exact) mass is 369 g/mol. The number of benzene rings is 1. The molecular weight excluding hydrogens is 346 g/mol. The van der Waals surface area contributed by atoms with E-state index in [1.54, 1.807) is 11.0 Å². The third-order valence-electron chi connectivity index (χ3n) is 5.23. The summed E-state index contributed by atoms with van der Waals surface area (Å²) in [6.45, 7) is 4.33. The number of carbonyl (C=O) groups is 2. The SMILES string of the molecule is CCCCN1CCc2cc(/C=C3/C(=O)NC(=S)N(C4CC4)C3=O)ccc21. The molecule has 4 rings (SSSR count). The Balaban J connectivity index is 1.59. The second-order valence-electron chi connectivity index (χ2n) is 7.20. The average Bonchev–Trinajstić information content (AvgIpc) is 3.36. The molecule has 0 radical (unpaired) electrons. The zero-order chi connectivity index (χ0) is 18.3. The van der Waals surface area contributed by atoms with E-state index in [-0.39, 0.29) is 22.6 Å². The van der Waals surface area contributed by atoms with Crippen LogP contribution in [0.25, 0.3) is 6.08 Å². The Kier molecular flexibility index (Phi) is 4.53. The number of fused-ring (bicyclic) bond motifs is 1. The molecule has 136 valence electrons. The van der Waals surface area contributed by atoms with Crippen LogP contribution >= 0.6 is 12.2 Å². The lowest BCUT2D eigenvalue weighted by Gasteiger charge is -2.28. The molecule has 0 aromatic heterocycles. The molecule has 1 aromatic rings. The highest BCUT2D eigenvalue weighted by atomic mass is 32.1. The molecule has 2 amide bonds. The predicted molar refractivity (Wildman–Crippen MR) is 106 cm³/mol. The number of hydrogen-bond acceptors (Lipinski definition) is 4. The summed E-state index contributed by atoms with van der Waals surface area (Å²) in [7, 11) is 0. The first-order valence-electron chi connectivity index (χ1n) is 9.37. The van der Waals surface area contributed by atoms with Crippen LogP contribution in [0.4, 0.5) is 5.69 Å². The van der Waals surface area contributed by atoms with Crippen molar-refractivity contribution >= 4 is 40.9 Å². The van der Waals surface area contributed by atoms with Crippen LogP contribution in [0, 0.1) is 0 Å². The van der Waals surface area contributed by atoms with Gasteiger partial charge in [0, 0.05) is 24.8 Å². The van der Waals surface area contributed by atoms with E-state index in [1.807, 2.05) is 6.07 Å². The standard InChI is InChI=1S/C20H23N3O2S/c1-2-3-9-22-10-8-14-11-13(4-7-17(14)22)12-16-18(24)21-20(26)23(19(16)25)15-5-6-15/h4,7,11-12,15H,2-3,5-6,8-10H2,1H3,(H,21,24,26)/b16-12-. The molecule has 2 heterocycles. The number of rotatable bonds is 5. The fourth-order valence-corrected chi connectivity index (χ4v) is 3.99. The van der Waals surface area contributed by atoms with Gasteiger partial charge in [0.1, 0.15) is 5.57 Å². The average molecular weight is 369 g/mol. The number of nitrogens with one attached hydrogen (secondary N) is 1. The van der Waals surface area contributed by atoms with Crippen LogP contribution in [0.3, 0.4) is 0 Å². The van der Waals surface area contributed by atoms with Gasteiger partial charge in [0.15, 0.2) is 5.11 Å². The van der Waals surface area contributed by atoms with Gasteiger partial charge in [0.05, 0.1) is 0 Å². The molecular formula is C20H23N3O2S. The second kappa shape index (κ2) is 6.83. The van der Waals surface area contributed by atoms with Crippen LogP contribution < -0.4 is 10.2 Å². The fourth-order valence-electron chi connectivity index (χ4n) is 3.66. The van der Waals surface area contributed by atoms with Crippen LogP contribution in [0.5, 0.6) is 0 Å². The van der Waals surface area contributed by atoms with E-state index in [0.29, 0.717) is 0 Å². The van der Waals surface area contributed by atoms with Gasteiger partial charge in [-0.1, -0.05) is 19.4 Å². The molecule has 0 spiro atoms. The topological polar surface area (TPSA) is 52.7 Å². The van der Waals surface area contributed by atoms with Gasteiger partial charge in [-0.05, 0) is 67.2 Å². The van der Waals surface area contributed by atoms with E-state index >= 15 is 0 Å². The highest BCUT2D eigenvalue weighted by molar-refractivity contribution is 7.80. The molecule has 1 N–H and O–H groups in total. The number of amides is 2. The summed E-state index contributed by atoms with van der Waals surface area (Å²) >= 11 is 5.17. The van der Waals surface area contributed by atoms with Gasteiger partial charge in [-0.2, -0.15) is 0 Å². The third-order valence-corrected chi connectivity index (χ3v) is 5.53. The van der Waals surface area contributed by atoms with Gasteiger partial charge in [-0.15, -0.1) is 0 Å². The molecule has 0 atom stereocenters. The maximum atomic E-state index is 12.7. The van der Waals surface area contributed by atoms with Crippen molar-refractivity contribution in [3.05, 3.63) is 34.9 Å². The van der Waals surface area contributed by atoms with E-state index in [0.717, 1.165) is 37.9 Å². The number of anilines is 1. The van der Waals surface area contributed by atoms with E-state index in [4.69, 9.17) is 12.2 Å². The lowest BCUT2D eigenvalue weighted by Crippen LogP contribution is -2.54. The number of unbranched alkanes of at least 4 members (excludes halogenated alkanes) is 1. The second-order valence-corrected chi connectivity index (χ2v) is 7.59. The van der Waals surface area contributed by atoms with Crippen molar-refractivity contribution < 1.29 is 9.59 Å². The lowest BCUT2D eigenvalue weighted by atomic mass is 10.0. The summed E-state index contributed by atoms with van der Waals surface area (Å²) in [4.78, 5) is 29.0. The van der Waals surface area contributed by atoms with Crippen molar-refractivity contribution in [1.29, 1.82) is 0 Å². The van der Waals surface area contributed by atoms with Gasteiger partial charge in [0.25, 0.3) is 11.8 Å². The Morgan fingerprint density at radius 3 is 2.85 bits per heavy atom. The fraction of sp³-hybridized carbons (Fsp3) is 0.450. The zero-order valence-corrected chi connectivity index (χ0v) is 15.8. The summed E-state index contributed by atoms with van der Waals surface area (Å²) in [6.07, 6.45) is 6.98. The van der Waals surface area contributed by atoms with Crippen molar-refractivity contribution in [2.24, 2.45) is 0 Å². The van der Waals surface area contributed by atoms with Crippen LogP contribution in [-0.2, 0) is 16.0 Å². The van der Waals surface area contributed by atoms with Crippen molar-refractivity contribution in [2.45, 2.75) is 45.1 Å². The van der Waals surface area contributed by atoms with Crippen LogP contribution in [-0.4, -0.2) is 41.0 Å². The molecule has 1 saturated carbocycles. The normalized spacial score (nSPS) is 21.4. The molecule has 1 saturated heterocycles. The summed E-state index contributed by atoms with van der Waals surface area (Å²) < 4.78 is 0. The minimum atomic E-state index is -0.401. The summed E-state index contributed by atoms with van der Waals surface area (Å²) in [5.41, 5.74) is 3.63. The minimum absolute atomic E-state index is 0.145. The first-order valence-corrected chi connectivity index (χ1v) is 9.77. The Labute approximate surface area is 159 Å². The third kappa shape index (κ3) is 3.14. The van der Waals surface area contributed by atoms with Crippen molar-refractivity contribution in [2.75, 3.05) is 18.0 Å². The largest absolute Gasteiger partial charge is 0.371 e. The number of nitrogens with zero attached hydrogens (tertiary/aromatic N) is 2. The van der Waals surface area contributed by atoms with E-state index in [2.05, 4.69) is 29.3 Å². The van der Waals surface area contributed by atoms with Gasteiger partial charge >= 0.3 is 0 Å². The van der Waals surface area contributed by atoms with E-state index in [1.165, 1.54) is 24.1 Å². The Hall–Kier alpha value is -2.21. The number of thiocarbonyl (C=S) groups is 1. The van der Waals surface area contributed by atoms with Crippen LogP contribution in [0.2, 0.25) is 0 Å². The molecule has 1 aromatic carbocycles. The zero-order valence-electron chi connectivity index (χ0n) is 15.0. The molecule has 2 fully saturated rings. The van der Waals surface area contributed by atoms with Crippen molar-refractivity contribution in [3.63, 3.8) is 0 Å². The highest BCUT2D eigenvalue weighted by Gasteiger charge is 2.42. The predicted octanol–water partition coefficient (Wildman–Crippen LogP) is 2.64. The van der Waals surface area contributed by atoms with Gasteiger partial charge < -0.3 is 4.90 Å². The summed E-state index contributed by atoms with van der Waals surface area (Å²) in [6, 6.07) is 6.35. The molecule has 1 aliphatic carbocycles. The van der Waals surface area contributed by atoms with Crippen molar-refractivity contribution in [1.82, 2.24) is 10.2 Å². The molecule has 0 bridgehead atoms. The van der Waals surface area contributed by atoms with Gasteiger partial charge in [-0.3, -0.25) is 19.8 Å². The molecule has 5 nitrogen and oxygen atoms in total. The smallest absolute Gasteiger partial charge is 0.265 e. The highest BCUT2D eigenvalue weighted by Crippen LogP contribution is 2.32. The molecule has 3 aliphatic rings. The van der Waals surface area contributed by atoms with Crippen LogP contribution in [0.1, 0.15) is 43.7 Å². The molecule has 26 heavy (non-hydrogen) atoms. The minimum Gasteiger partial charge on any atom is -0.371 e. The molecule has 0 unspecified atom stereocenters. The Bertz CT molecular complexity index is 813.